The zero-order valence-electron chi connectivity index (χ0n) is 36.1. The van der Waals surface area contributed by atoms with Crippen molar-refractivity contribution < 1.29 is 9.47 Å². The van der Waals surface area contributed by atoms with Gasteiger partial charge in [0.05, 0.1) is 5.41 Å². The molecule has 0 bridgehead atoms. The van der Waals surface area contributed by atoms with E-state index in [1.807, 2.05) is 0 Å². The molecule has 1 heterocycles. The fourth-order valence-electron chi connectivity index (χ4n) is 12.0. The highest BCUT2D eigenvalue weighted by atomic mass is 16.6. The van der Waals surface area contributed by atoms with Gasteiger partial charge in [0.15, 0.2) is 23.7 Å². The second-order valence-corrected chi connectivity index (χ2v) is 18.2. The first kappa shape index (κ1) is 37.3. The van der Waals surface area contributed by atoms with Gasteiger partial charge in [-0.15, -0.1) is 0 Å². The van der Waals surface area contributed by atoms with Gasteiger partial charge >= 0.3 is 0 Å². The SMILES string of the molecule is C1=CCC2C(=C1)c1ccccc1C21c2ccccc2-c2cc3c(cc21)OC1C=CC(N(c2ccc(-c4cccc5ccccc45)cc2)c2ccc(-c4cccc5ccccc45)cc2)=CC1O3. The highest BCUT2D eigenvalue weighted by Gasteiger charge is 2.56. The van der Waals surface area contributed by atoms with Gasteiger partial charge in [-0.1, -0.05) is 176 Å². The van der Waals surface area contributed by atoms with Gasteiger partial charge in [-0.3, -0.25) is 0 Å². The van der Waals surface area contributed by atoms with Crippen LogP contribution in [0.4, 0.5) is 11.4 Å². The second-order valence-electron chi connectivity index (χ2n) is 18.2. The van der Waals surface area contributed by atoms with E-state index < -0.39 is 0 Å². The number of nitrogens with zero attached hydrogens (tertiary/aromatic N) is 1. The quantitative estimate of drug-likeness (QED) is 0.172. The highest BCUT2D eigenvalue weighted by Crippen LogP contribution is 2.66. The van der Waals surface area contributed by atoms with E-state index in [2.05, 4.69) is 235 Å². The van der Waals surface area contributed by atoms with Crippen LogP contribution in [0, 0.1) is 5.92 Å². The van der Waals surface area contributed by atoms with Crippen LogP contribution in [0.1, 0.15) is 28.7 Å². The zero-order chi connectivity index (χ0) is 43.3. The molecular formula is C63H43NO2. The Balaban J connectivity index is 0.858. The van der Waals surface area contributed by atoms with Crippen molar-refractivity contribution >= 4 is 38.5 Å². The van der Waals surface area contributed by atoms with Gasteiger partial charge in [0.25, 0.3) is 0 Å². The summed E-state index contributed by atoms with van der Waals surface area (Å²) in [6, 6.07) is 70.9. The van der Waals surface area contributed by atoms with E-state index >= 15 is 0 Å². The van der Waals surface area contributed by atoms with Crippen molar-refractivity contribution in [1.29, 1.82) is 0 Å². The molecule has 9 aromatic carbocycles. The Bertz CT molecular complexity index is 3460. The van der Waals surface area contributed by atoms with Crippen LogP contribution in [-0.2, 0) is 5.41 Å². The van der Waals surface area contributed by atoms with Crippen molar-refractivity contribution in [3.8, 4) is 44.9 Å². The van der Waals surface area contributed by atoms with E-state index in [9.17, 15) is 0 Å². The Hall–Kier alpha value is -8.14. The zero-order valence-corrected chi connectivity index (χ0v) is 36.1. The first-order chi connectivity index (χ1) is 32.7. The second kappa shape index (κ2) is 14.4. The smallest absolute Gasteiger partial charge is 0.162 e. The van der Waals surface area contributed by atoms with Crippen LogP contribution in [0.5, 0.6) is 11.5 Å². The molecule has 1 aliphatic heterocycles. The standard InChI is InChI=1S/C63H43NO2/c1-3-17-47-40(13-1)15-11-22-49(47)42-27-31-44(32-28-42)64(45-33-29-43(30-34-45)50-23-12-16-41-14-2-4-18-48(41)50)46-35-36-59-60(37-46)66-61-38-54-53-21-7-10-26-57(53)63(58(54)39-62(61)65-59)55-24-8-5-19-51(55)52-20-6-9-25-56(52)63/h1-24,26-39,56,59-60H,25H2. The van der Waals surface area contributed by atoms with Crippen molar-refractivity contribution in [3.05, 3.63) is 259 Å². The molecule has 0 radical (unpaired) electrons. The van der Waals surface area contributed by atoms with Gasteiger partial charge in [-0.05, 0) is 144 Å². The van der Waals surface area contributed by atoms with Crippen molar-refractivity contribution in [1.82, 2.24) is 0 Å². The lowest BCUT2D eigenvalue weighted by atomic mass is 9.65. The maximum Gasteiger partial charge on any atom is 0.162 e. The predicted octanol–water partition coefficient (Wildman–Crippen LogP) is 15.4. The van der Waals surface area contributed by atoms with Crippen LogP contribution in [-0.4, -0.2) is 12.2 Å². The third-order valence-electron chi connectivity index (χ3n) is 14.8. The summed E-state index contributed by atoms with van der Waals surface area (Å²) in [6.45, 7) is 0. The summed E-state index contributed by atoms with van der Waals surface area (Å²) >= 11 is 0. The number of ether oxygens (including phenoxy) is 2. The minimum atomic E-state index is -0.334. The molecule has 9 aromatic rings. The fourth-order valence-corrected chi connectivity index (χ4v) is 12.0. The molecule has 5 aliphatic rings. The van der Waals surface area contributed by atoms with Gasteiger partial charge in [0, 0.05) is 23.0 Å². The average molecular weight is 846 g/mol. The molecule has 312 valence electrons. The van der Waals surface area contributed by atoms with Crippen LogP contribution in [0.25, 0.3) is 60.5 Å². The molecule has 4 aliphatic carbocycles. The molecule has 0 saturated heterocycles. The van der Waals surface area contributed by atoms with Gasteiger partial charge in [-0.2, -0.15) is 0 Å². The Morgan fingerprint density at radius 1 is 0.470 bits per heavy atom. The maximum absolute atomic E-state index is 7.09. The number of anilines is 2. The summed E-state index contributed by atoms with van der Waals surface area (Å²) in [5, 5.41) is 4.97. The maximum atomic E-state index is 7.09. The summed E-state index contributed by atoms with van der Waals surface area (Å²) in [4.78, 5) is 2.34. The van der Waals surface area contributed by atoms with Gasteiger partial charge < -0.3 is 14.4 Å². The summed E-state index contributed by atoms with van der Waals surface area (Å²) < 4.78 is 14.1. The molecule has 66 heavy (non-hydrogen) atoms. The molecule has 3 nitrogen and oxygen atoms in total. The number of allylic oxidation sites excluding steroid dienone is 5. The Morgan fingerprint density at radius 3 is 1.70 bits per heavy atom. The van der Waals surface area contributed by atoms with Gasteiger partial charge in [0.1, 0.15) is 0 Å². The van der Waals surface area contributed by atoms with Crippen molar-refractivity contribution in [3.63, 3.8) is 0 Å². The summed E-state index contributed by atoms with van der Waals surface area (Å²) in [7, 11) is 0. The first-order valence-electron chi connectivity index (χ1n) is 23.2. The lowest BCUT2D eigenvalue weighted by molar-refractivity contribution is 0.0748. The molecule has 4 atom stereocenters. The van der Waals surface area contributed by atoms with Crippen molar-refractivity contribution in [2.24, 2.45) is 5.92 Å². The highest BCUT2D eigenvalue weighted by molar-refractivity contribution is 5.98. The molecule has 4 unspecified atom stereocenters. The number of hydrogen-bond donors (Lipinski definition) is 0. The Kier molecular flexibility index (Phi) is 8.15. The molecule has 3 heteroatoms. The molecule has 1 spiro atoms. The molecule has 0 amide bonds. The number of hydrogen-bond acceptors (Lipinski definition) is 3. The molecular weight excluding hydrogens is 803 g/mol. The van der Waals surface area contributed by atoms with E-state index in [-0.39, 0.29) is 17.6 Å². The number of fused-ring (bicyclic) bond motifs is 14. The monoisotopic (exact) mass is 845 g/mol. The van der Waals surface area contributed by atoms with E-state index in [0.29, 0.717) is 5.92 Å². The van der Waals surface area contributed by atoms with Crippen LogP contribution >= 0.6 is 0 Å². The van der Waals surface area contributed by atoms with Gasteiger partial charge in [-0.25, -0.2) is 0 Å². The third kappa shape index (κ3) is 5.44. The lowest BCUT2D eigenvalue weighted by Gasteiger charge is -2.38. The predicted molar refractivity (Wildman–Crippen MR) is 270 cm³/mol. The van der Waals surface area contributed by atoms with E-state index in [1.165, 1.54) is 82.8 Å². The van der Waals surface area contributed by atoms with Crippen molar-refractivity contribution in [2.75, 3.05) is 4.90 Å². The Morgan fingerprint density at radius 2 is 1.02 bits per heavy atom. The van der Waals surface area contributed by atoms with Gasteiger partial charge in [0.2, 0.25) is 0 Å². The summed E-state index contributed by atoms with van der Waals surface area (Å²) in [5.74, 6) is 1.88. The number of benzene rings is 9. The van der Waals surface area contributed by atoms with Crippen LogP contribution < -0.4 is 14.4 Å². The third-order valence-corrected chi connectivity index (χ3v) is 14.8. The van der Waals surface area contributed by atoms with Crippen LogP contribution in [0.3, 0.4) is 0 Å². The minimum absolute atomic E-state index is 0.285. The topological polar surface area (TPSA) is 21.7 Å². The van der Waals surface area contributed by atoms with Crippen LogP contribution in [0.2, 0.25) is 0 Å². The summed E-state index contributed by atoms with van der Waals surface area (Å²) in [6.07, 6.45) is 13.9. The first-order valence-corrected chi connectivity index (χ1v) is 23.2. The average Bonchev–Trinajstić information content (AvgIpc) is 3.84. The largest absolute Gasteiger partial charge is 0.478 e. The summed E-state index contributed by atoms with van der Waals surface area (Å²) in [5.41, 5.74) is 17.0. The Labute approximate surface area is 384 Å². The fraction of sp³-hybridized carbons (Fsp3) is 0.0794. The van der Waals surface area contributed by atoms with E-state index in [4.69, 9.17) is 9.47 Å². The molecule has 14 rings (SSSR count). The molecule has 0 N–H and O–H groups in total. The molecule has 0 saturated carbocycles. The lowest BCUT2D eigenvalue weighted by Crippen LogP contribution is -2.40. The number of rotatable bonds is 5. The molecule has 0 fully saturated rings. The van der Waals surface area contributed by atoms with Crippen molar-refractivity contribution in [2.45, 2.75) is 24.0 Å². The van der Waals surface area contributed by atoms with E-state index in [1.54, 1.807) is 0 Å². The van der Waals surface area contributed by atoms with E-state index in [0.717, 1.165) is 35.0 Å². The minimum Gasteiger partial charge on any atom is -0.478 e. The normalized spacial score (nSPS) is 20.3. The van der Waals surface area contributed by atoms with Crippen LogP contribution in [0.15, 0.2) is 236 Å². The molecule has 0 aromatic heterocycles.